The summed E-state index contributed by atoms with van der Waals surface area (Å²) in [6.45, 7) is 7.97. The first-order chi connectivity index (χ1) is 13.4. The van der Waals surface area contributed by atoms with Crippen LogP contribution in [0.4, 0.5) is 0 Å². The molecule has 150 valence electrons. The maximum atomic E-state index is 11.8. The Bertz CT molecular complexity index is 701. The summed E-state index contributed by atoms with van der Waals surface area (Å²) in [5.41, 5.74) is 2.05. The first-order valence-corrected chi connectivity index (χ1v) is 13.4. The summed E-state index contributed by atoms with van der Waals surface area (Å²) in [6, 6.07) is 10.7. The van der Waals surface area contributed by atoms with Crippen molar-refractivity contribution in [2.24, 2.45) is 23.2 Å². The first kappa shape index (κ1) is 21.9. The van der Waals surface area contributed by atoms with Crippen molar-refractivity contribution < 1.29 is 14.2 Å². The second-order valence-corrected chi connectivity index (χ2v) is 12.4. The number of ether oxygens (including phenoxy) is 1. The second kappa shape index (κ2) is 9.77. The number of hydrogen-bond acceptors (Lipinski definition) is 3. The van der Waals surface area contributed by atoms with Gasteiger partial charge < -0.3 is 0 Å². The Balaban J connectivity index is 1.71. The van der Waals surface area contributed by atoms with Crippen LogP contribution in [-0.4, -0.2) is 24.6 Å². The van der Waals surface area contributed by atoms with Crippen LogP contribution in [0.5, 0.6) is 0 Å². The predicted octanol–water partition coefficient (Wildman–Crippen LogP) is 5.39. The van der Waals surface area contributed by atoms with Gasteiger partial charge in [-0.1, -0.05) is 6.07 Å². The summed E-state index contributed by atoms with van der Waals surface area (Å²) in [6.07, 6.45) is 8.49. The van der Waals surface area contributed by atoms with Crippen molar-refractivity contribution in [1.29, 1.82) is 0 Å². The molecule has 0 amide bonds. The van der Waals surface area contributed by atoms with E-state index in [2.05, 4.69) is 63.3 Å². The number of benzene rings is 1. The van der Waals surface area contributed by atoms with Crippen LogP contribution < -0.4 is 0 Å². The van der Waals surface area contributed by atoms with E-state index in [0.717, 1.165) is 26.1 Å². The van der Waals surface area contributed by atoms with E-state index in [-0.39, 0.29) is 17.5 Å². The van der Waals surface area contributed by atoms with Gasteiger partial charge in [-0.05, 0) is 0 Å². The molecule has 0 N–H and O–H groups in total. The Labute approximate surface area is 173 Å². The average Bonchev–Trinajstić information content (AvgIpc) is 3.15. The molecule has 1 aliphatic carbocycles. The van der Waals surface area contributed by atoms with Gasteiger partial charge in [-0.2, -0.15) is 0 Å². The van der Waals surface area contributed by atoms with Crippen molar-refractivity contribution in [3.05, 3.63) is 48.0 Å². The molecule has 1 heterocycles. The number of hydrogen-bond donors (Lipinski definition) is 0. The van der Waals surface area contributed by atoms with Gasteiger partial charge in [-0.3, -0.25) is 0 Å². The first-order valence-electron chi connectivity index (χ1n) is 10.2. The molecule has 0 aromatic heterocycles. The van der Waals surface area contributed by atoms with Gasteiger partial charge in [-0.25, -0.2) is 0 Å². The van der Waals surface area contributed by atoms with Crippen molar-refractivity contribution in [2.75, 3.05) is 0 Å². The fourth-order valence-electron chi connectivity index (χ4n) is 4.56. The van der Waals surface area contributed by atoms with E-state index in [0.29, 0.717) is 46.3 Å². The molecule has 1 aliphatic heterocycles. The molecule has 2 fully saturated rings. The van der Waals surface area contributed by atoms with Crippen LogP contribution in [0.25, 0.3) is 0 Å². The Morgan fingerprint density at radius 1 is 1.29 bits per heavy atom. The Morgan fingerprint density at radius 2 is 2.04 bits per heavy atom. The SMILES string of the molecule is CC(C)(C)[C@@H](/C=C/[C@@H]1[C@H]2CC(=O)O[C@H]2C[C@H]1PPB=O)CCc1ccccc1. The van der Waals surface area contributed by atoms with Crippen LogP contribution >= 0.6 is 16.4 Å². The van der Waals surface area contributed by atoms with Crippen molar-refractivity contribution >= 4 is 29.3 Å². The Hall–Kier alpha value is -0.845. The molecule has 0 radical (unpaired) electrons. The number of rotatable bonds is 8. The van der Waals surface area contributed by atoms with Crippen LogP contribution in [-0.2, 0) is 20.7 Å². The zero-order chi connectivity index (χ0) is 20.1. The van der Waals surface area contributed by atoms with E-state index in [4.69, 9.17) is 4.74 Å². The van der Waals surface area contributed by atoms with Crippen LogP contribution in [0, 0.1) is 23.2 Å². The minimum absolute atomic E-state index is 0.0514. The third-order valence-electron chi connectivity index (χ3n) is 6.20. The van der Waals surface area contributed by atoms with E-state index >= 15 is 0 Å². The molecule has 3 nitrogen and oxygen atoms in total. The van der Waals surface area contributed by atoms with Crippen molar-refractivity contribution in [1.82, 2.24) is 0 Å². The summed E-state index contributed by atoms with van der Waals surface area (Å²) < 4.78 is 16.5. The number of allylic oxidation sites excluding steroid dienone is 2. The van der Waals surface area contributed by atoms with E-state index in [1.165, 1.54) is 5.56 Å². The molecule has 7 atom stereocenters. The van der Waals surface area contributed by atoms with Gasteiger partial charge in [0.05, 0.1) is 0 Å². The van der Waals surface area contributed by atoms with Gasteiger partial charge in [0.2, 0.25) is 0 Å². The van der Waals surface area contributed by atoms with E-state index in [1.54, 1.807) is 0 Å². The number of fused-ring (bicyclic) bond motifs is 1. The number of carbonyl (C=O) groups excluding carboxylic acids is 1. The fraction of sp³-hybridized carbons (Fsp3) is 0.591. The van der Waals surface area contributed by atoms with Crippen LogP contribution in [0.3, 0.4) is 0 Å². The zero-order valence-corrected chi connectivity index (χ0v) is 19.1. The van der Waals surface area contributed by atoms with Gasteiger partial charge in [0.25, 0.3) is 0 Å². The topological polar surface area (TPSA) is 43.4 Å². The third kappa shape index (κ3) is 5.61. The molecular formula is C22H31BO3P2. The molecule has 28 heavy (non-hydrogen) atoms. The van der Waals surface area contributed by atoms with Crippen LogP contribution in [0.15, 0.2) is 42.5 Å². The summed E-state index contributed by atoms with van der Waals surface area (Å²) >= 11 is 0. The van der Waals surface area contributed by atoms with E-state index < -0.39 is 0 Å². The van der Waals surface area contributed by atoms with Crippen molar-refractivity contribution in [3.8, 4) is 0 Å². The minimum atomic E-state index is -0.0514. The predicted molar refractivity (Wildman–Crippen MR) is 120 cm³/mol. The Kier molecular flexibility index (Phi) is 7.63. The number of aryl methyl sites for hydroxylation is 1. The van der Waals surface area contributed by atoms with Gasteiger partial charge in [0.1, 0.15) is 0 Å². The molecule has 1 aromatic carbocycles. The normalized spacial score (nSPS) is 29.0. The van der Waals surface area contributed by atoms with E-state index in [1.807, 2.05) is 0 Å². The number of esters is 1. The van der Waals surface area contributed by atoms with Crippen LogP contribution in [0.1, 0.15) is 45.6 Å². The summed E-state index contributed by atoms with van der Waals surface area (Å²) in [4.78, 5) is 11.8. The molecule has 2 aliphatic rings. The second-order valence-electron chi connectivity index (χ2n) is 9.10. The molecule has 1 saturated carbocycles. The molecule has 1 saturated heterocycles. The fourth-order valence-corrected chi connectivity index (χ4v) is 7.52. The van der Waals surface area contributed by atoms with Gasteiger partial charge in [0.15, 0.2) is 0 Å². The third-order valence-corrected chi connectivity index (χ3v) is 9.44. The summed E-state index contributed by atoms with van der Waals surface area (Å²) in [7, 11) is 1.03. The molecule has 0 bridgehead atoms. The summed E-state index contributed by atoms with van der Waals surface area (Å²) in [5.74, 6) is 1.09. The Morgan fingerprint density at radius 3 is 2.71 bits per heavy atom. The molecule has 6 heteroatoms. The van der Waals surface area contributed by atoms with Gasteiger partial charge in [-0.15, -0.1) is 0 Å². The van der Waals surface area contributed by atoms with E-state index in [9.17, 15) is 9.50 Å². The average molecular weight is 416 g/mol. The molecular weight excluding hydrogens is 385 g/mol. The van der Waals surface area contributed by atoms with Gasteiger partial charge >= 0.3 is 167 Å². The number of carbonyl (C=O) groups is 1. The molecule has 1 aromatic rings. The van der Waals surface area contributed by atoms with Crippen molar-refractivity contribution in [2.45, 2.75) is 58.2 Å². The standard InChI is InChI=1S/C22H31BO3P2/c1-22(2,3)16(10-9-15-7-5-4-6-8-15)11-12-17-18-13-21(24)26-19(18)14-20(17)27-28-23-25/h4-8,11-12,16-20,27-28H,9-10,13-14H2,1-3H3/b12-11+/t16-,17-,18-,19+,20-/m1/s1. The monoisotopic (exact) mass is 416 g/mol. The zero-order valence-electron chi connectivity index (χ0n) is 17.1. The maximum absolute atomic E-state index is 11.8. The summed E-state index contributed by atoms with van der Waals surface area (Å²) in [5, 5.41) is 0. The molecule has 2 unspecified atom stereocenters. The quantitative estimate of drug-likeness (QED) is 0.247. The molecule has 3 rings (SSSR count). The van der Waals surface area contributed by atoms with Crippen LogP contribution in [0.2, 0.25) is 0 Å². The van der Waals surface area contributed by atoms with Crippen molar-refractivity contribution in [3.63, 3.8) is 0 Å². The molecule has 0 spiro atoms. The van der Waals surface area contributed by atoms with Gasteiger partial charge in [0, 0.05) is 0 Å².